The normalized spacial score (nSPS) is 12.7. The molecule has 1 aromatic carbocycles. The van der Waals surface area contributed by atoms with E-state index in [2.05, 4.69) is 17.1 Å². The highest BCUT2D eigenvalue weighted by Crippen LogP contribution is 2.17. The highest BCUT2D eigenvalue weighted by Gasteiger charge is 2.13. The SMILES string of the molecule is CC(Cc1ccccc1)n1c(=S)[nH]c2ccsc2c1=O. The molecule has 0 aliphatic carbocycles. The third-order valence-electron chi connectivity index (χ3n) is 3.35. The van der Waals surface area contributed by atoms with Gasteiger partial charge in [-0.25, -0.2) is 0 Å². The molecule has 0 amide bonds. The third kappa shape index (κ3) is 2.34. The molecular formula is C15H14N2OS2. The number of benzene rings is 1. The molecule has 1 N–H and O–H groups in total. The van der Waals surface area contributed by atoms with Crippen LogP contribution in [-0.4, -0.2) is 9.55 Å². The van der Waals surface area contributed by atoms with Gasteiger partial charge in [0.2, 0.25) is 0 Å². The molecule has 0 aliphatic rings. The molecule has 0 saturated carbocycles. The third-order valence-corrected chi connectivity index (χ3v) is 4.55. The van der Waals surface area contributed by atoms with E-state index in [0.717, 1.165) is 16.6 Å². The second-order valence-corrected chi connectivity index (χ2v) is 6.11. The topological polar surface area (TPSA) is 37.8 Å². The monoisotopic (exact) mass is 302 g/mol. The molecule has 2 aromatic heterocycles. The number of hydrogen-bond acceptors (Lipinski definition) is 3. The first-order valence-corrected chi connectivity index (χ1v) is 7.71. The van der Waals surface area contributed by atoms with Crippen LogP contribution in [0.5, 0.6) is 0 Å². The fraction of sp³-hybridized carbons (Fsp3) is 0.200. The molecule has 102 valence electrons. The van der Waals surface area contributed by atoms with Gasteiger partial charge in [-0.05, 0) is 42.6 Å². The van der Waals surface area contributed by atoms with E-state index in [4.69, 9.17) is 12.2 Å². The van der Waals surface area contributed by atoms with E-state index in [1.165, 1.54) is 16.9 Å². The molecule has 20 heavy (non-hydrogen) atoms. The fourth-order valence-electron chi connectivity index (χ4n) is 2.40. The Morgan fingerprint density at radius 2 is 2.05 bits per heavy atom. The van der Waals surface area contributed by atoms with E-state index in [1.54, 1.807) is 4.57 Å². The van der Waals surface area contributed by atoms with Crippen molar-refractivity contribution >= 4 is 33.8 Å². The molecule has 0 bridgehead atoms. The number of H-pyrrole nitrogens is 1. The summed E-state index contributed by atoms with van der Waals surface area (Å²) < 4.78 is 2.91. The van der Waals surface area contributed by atoms with E-state index in [1.807, 2.05) is 36.6 Å². The smallest absolute Gasteiger partial charge is 0.272 e. The van der Waals surface area contributed by atoms with E-state index >= 15 is 0 Å². The van der Waals surface area contributed by atoms with Crippen molar-refractivity contribution in [3.05, 3.63) is 62.5 Å². The minimum absolute atomic E-state index is 0.00202. The van der Waals surface area contributed by atoms with Crippen LogP contribution in [-0.2, 0) is 6.42 Å². The van der Waals surface area contributed by atoms with Crippen LogP contribution in [0.3, 0.4) is 0 Å². The number of rotatable bonds is 3. The van der Waals surface area contributed by atoms with Crippen LogP contribution >= 0.6 is 23.6 Å². The van der Waals surface area contributed by atoms with Crippen LogP contribution in [0.2, 0.25) is 0 Å². The zero-order valence-electron chi connectivity index (χ0n) is 11.0. The number of aromatic amines is 1. The highest BCUT2D eigenvalue weighted by molar-refractivity contribution is 7.71. The van der Waals surface area contributed by atoms with Crippen molar-refractivity contribution in [3.8, 4) is 0 Å². The fourth-order valence-corrected chi connectivity index (χ4v) is 3.56. The van der Waals surface area contributed by atoms with Crippen LogP contribution in [0.25, 0.3) is 10.2 Å². The first kappa shape index (κ1) is 13.3. The van der Waals surface area contributed by atoms with Gasteiger partial charge in [-0.15, -0.1) is 11.3 Å². The Kier molecular flexibility index (Phi) is 3.54. The largest absolute Gasteiger partial charge is 0.331 e. The van der Waals surface area contributed by atoms with Gasteiger partial charge >= 0.3 is 0 Å². The average molecular weight is 302 g/mol. The van der Waals surface area contributed by atoms with E-state index in [9.17, 15) is 4.79 Å². The van der Waals surface area contributed by atoms with Gasteiger partial charge in [0.15, 0.2) is 4.77 Å². The summed E-state index contributed by atoms with van der Waals surface area (Å²) in [6, 6.07) is 12.1. The average Bonchev–Trinajstić information content (AvgIpc) is 2.88. The molecule has 0 radical (unpaired) electrons. The molecule has 1 atom stereocenters. The summed E-state index contributed by atoms with van der Waals surface area (Å²) >= 11 is 6.79. The van der Waals surface area contributed by atoms with Crippen LogP contribution in [0, 0.1) is 4.77 Å². The molecule has 1 unspecified atom stereocenters. The summed E-state index contributed by atoms with van der Waals surface area (Å²) in [4.78, 5) is 15.7. The molecule has 3 rings (SSSR count). The number of hydrogen-bond donors (Lipinski definition) is 1. The molecule has 0 spiro atoms. The van der Waals surface area contributed by atoms with Gasteiger partial charge < -0.3 is 4.98 Å². The van der Waals surface area contributed by atoms with Crippen molar-refractivity contribution in [3.63, 3.8) is 0 Å². The summed E-state index contributed by atoms with van der Waals surface area (Å²) in [7, 11) is 0. The Labute approximate surface area is 125 Å². The molecule has 0 aliphatic heterocycles. The van der Waals surface area contributed by atoms with Crippen LogP contribution in [0.15, 0.2) is 46.6 Å². The molecule has 0 fully saturated rings. The lowest BCUT2D eigenvalue weighted by atomic mass is 10.1. The van der Waals surface area contributed by atoms with Gasteiger partial charge in [0.05, 0.1) is 5.52 Å². The number of nitrogens with one attached hydrogen (secondary N) is 1. The molecule has 3 aromatic rings. The standard InChI is InChI=1S/C15H14N2OS2/c1-10(9-11-5-3-2-4-6-11)17-14(18)13-12(7-8-20-13)16-15(17)19/h2-8,10H,9H2,1H3,(H,16,19). The van der Waals surface area contributed by atoms with Crippen LogP contribution < -0.4 is 5.56 Å². The predicted molar refractivity (Wildman–Crippen MR) is 86.1 cm³/mol. The lowest BCUT2D eigenvalue weighted by molar-refractivity contribution is 0.517. The van der Waals surface area contributed by atoms with Gasteiger partial charge in [-0.3, -0.25) is 9.36 Å². The van der Waals surface area contributed by atoms with Gasteiger partial charge in [0.25, 0.3) is 5.56 Å². The first-order chi connectivity index (χ1) is 9.66. The Hall–Kier alpha value is -1.72. The molecule has 5 heteroatoms. The number of aromatic nitrogens is 2. The summed E-state index contributed by atoms with van der Waals surface area (Å²) in [6.07, 6.45) is 0.787. The van der Waals surface area contributed by atoms with Crippen molar-refractivity contribution in [2.24, 2.45) is 0 Å². The van der Waals surface area contributed by atoms with Crippen LogP contribution in [0.1, 0.15) is 18.5 Å². The summed E-state index contributed by atoms with van der Waals surface area (Å²) in [5.74, 6) is 0. The predicted octanol–water partition coefficient (Wildman–Crippen LogP) is 3.92. The minimum atomic E-state index is 0.00202. The van der Waals surface area contributed by atoms with E-state index in [0.29, 0.717) is 4.77 Å². The zero-order chi connectivity index (χ0) is 14.1. The number of nitrogens with zero attached hydrogens (tertiary/aromatic N) is 1. The molecular weight excluding hydrogens is 288 g/mol. The van der Waals surface area contributed by atoms with Crippen molar-refractivity contribution in [1.82, 2.24) is 9.55 Å². The Morgan fingerprint density at radius 3 is 2.80 bits per heavy atom. The maximum absolute atomic E-state index is 12.5. The Balaban J connectivity index is 2.05. The molecule has 0 saturated heterocycles. The molecule has 3 nitrogen and oxygen atoms in total. The maximum Gasteiger partial charge on any atom is 0.272 e. The van der Waals surface area contributed by atoms with Gasteiger partial charge in [0.1, 0.15) is 4.70 Å². The quantitative estimate of drug-likeness (QED) is 0.745. The highest BCUT2D eigenvalue weighted by atomic mass is 32.1. The van der Waals surface area contributed by atoms with Gasteiger partial charge in [0, 0.05) is 6.04 Å². The lowest BCUT2D eigenvalue weighted by Gasteiger charge is -2.15. The van der Waals surface area contributed by atoms with Crippen molar-refractivity contribution in [2.75, 3.05) is 0 Å². The van der Waals surface area contributed by atoms with E-state index < -0.39 is 0 Å². The minimum Gasteiger partial charge on any atom is -0.331 e. The maximum atomic E-state index is 12.5. The van der Waals surface area contributed by atoms with Crippen molar-refractivity contribution in [2.45, 2.75) is 19.4 Å². The Morgan fingerprint density at radius 1 is 1.30 bits per heavy atom. The number of thiophene rings is 1. The van der Waals surface area contributed by atoms with Crippen molar-refractivity contribution < 1.29 is 0 Å². The second-order valence-electron chi connectivity index (χ2n) is 4.81. The van der Waals surface area contributed by atoms with Gasteiger partial charge in [-0.1, -0.05) is 30.3 Å². The summed E-state index contributed by atoms with van der Waals surface area (Å²) in [5, 5.41) is 1.91. The zero-order valence-corrected chi connectivity index (χ0v) is 12.6. The second kappa shape index (κ2) is 5.34. The van der Waals surface area contributed by atoms with Crippen LogP contribution in [0.4, 0.5) is 0 Å². The molecule has 2 heterocycles. The van der Waals surface area contributed by atoms with Gasteiger partial charge in [-0.2, -0.15) is 0 Å². The summed E-state index contributed by atoms with van der Waals surface area (Å²) in [5.41, 5.74) is 2.03. The number of fused-ring (bicyclic) bond motifs is 1. The Bertz CT molecular complexity index is 845. The first-order valence-electron chi connectivity index (χ1n) is 6.43. The van der Waals surface area contributed by atoms with E-state index in [-0.39, 0.29) is 11.6 Å². The summed E-state index contributed by atoms with van der Waals surface area (Å²) in [6.45, 7) is 2.03. The van der Waals surface area contributed by atoms with Crippen molar-refractivity contribution in [1.29, 1.82) is 0 Å². The lowest BCUT2D eigenvalue weighted by Crippen LogP contribution is -2.25.